The summed E-state index contributed by atoms with van der Waals surface area (Å²) in [4.78, 5) is 4.43. The first-order valence-electron chi connectivity index (χ1n) is 6.64. The van der Waals surface area contributed by atoms with Crippen LogP contribution in [0, 0.1) is 0 Å². The topological polar surface area (TPSA) is 80.9 Å². The second kappa shape index (κ2) is 8.29. The van der Waals surface area contributed by atoms with Gasteiger partial charge in [0, 0.05) is 26.9 Å². The highest BCUT2D eigenvalue weighted by molar-refractivity contribution is 5.79. The van der Waals surface area contributed by atoms with E-state index in [1.165, 1.54) is 6.42 Å². The highest BCUT2D eigenvalue weighted by Gasteiger charge is 2.36. The standard InChI is InChI=1S/C12H26N4O2/c1-3-18-9-5-8-14-11(16-13)15-10-12(17-2)6-4-7-12/h3-10,13H2,1-2H3,(H2,14,15,16). The average molecular weight is 258 g/mol. The lowest BCUT2D eigenvalue weighted by molar-refractivity contribution is -0.0630. The van der Waals surface area contributed by atoms with E-state index in [0.29, 0.717) is 12.5 Å². The number of methoxy groups -OCH3 is 1. The van der Waals surface area contributed by atoms with Gasteiger partial charge in [0.15, 0.2) is 0 Å². The Morgan fingerprint density at radius 3 is 2.72 bits per heavy atom. The molecule has 0 heterocycles. The van der Waals surface area contributed by atoms with Crippen molar-refractivity contribution in [3.63, 3.8) is 0 Å². The molecule has 0 aromatic rings. The average Bonchev–Trinajstić information content (AvgIpc) is 2.35. The van der Waals surface area contributed by atoms with Crippen LogP contribution in [-0.4, -0.2) is 45.0 Å². The van der Waals surface area contributed by atoms with E-state index in [1.807, 2.05) is 6.92 Å². The van der Waals surface area contributed by atoms with Gasteiger partial charge in [-0.3, -0.25) is 5.43 Å². The maximum atomic E-state index is 5.50. The zero-order valence-electron chi connectivity index (χ0n) is 11.5. The Bertz CT molecular complexity index is 249. The minimum Gasteiger partial charge on any atom is -0.382 e. The molecule has 1 aliphatic rings. The Hall–Kier alpha value is -0.850. The van der Waals surface area contributed by atoms with Crippen molar-refractivity contribution < 1.29 is 9.47 Å². The molecule has 4 N–H and O–H groups in total. The lowest BCUT2D eigenvalue weighted by Gasteiger charge is -2.39. The highest BCUT2D eigenvalue weighted by atomic mass is 16.5. The fourth-order valence-electron chi connectivity index (χ4n) is 1.90. The van der Waals surface area contributed by atoms with Crippen LogP contribution in [0.1, 0.15) is 32.6 Å². The Balaban J connectivity index is 2.22. The second-order valence-electron chi connectivity index (χ2n) is 4.53. The fraction of sp³-hybridized carbons (Fsp3) is 0.917. The summed E-state index contributed by atoms with van der Waals surface area (Å²) < 4.78 is 10.8. The molecule has 0 aromatic heterocycles. The van der Waals surface area contributed by atoms with E-state index >= 15 is 0 Å². The second-order valence-corrected chi connectivity index (χ2v) is 4.53. The molecule has 0 atom stereocenters. The van der Waals surface area contributed by atoms with Gasteiger partial charge >= 0.3 is 0 Å². The van der Waals surface area contributed by atoms with E-state index in [9.17, 15) is 0 Å². The minimum absolute atomic E-state index is 0.0604. The van der Waals surface area contributed by atoms with Crippen molar-refractivity contribution in [1.29, 1.82) is 0 Å². The van der Waals surface area contributed by atoms with Crippen molar-refractivity contribution in [1.82, 2.24) is 10.7 Å². The predicted octanol–water partition coefficient (Wildman–Crippen LogP) is 0.391. The summed E-state index contributed by atoms with van der Waals surface area (Å²) in [6.45, 7) is 4.95. The molecule has 0 saturated heterocycles. The molecule has 0 spiro atoms. The molecule has 1 rings (SSSR count). The van der Waals surface area contributed by atoms with Gasteiger partial charge in [0.1, 0.15) is 0 Å². The van der Waals surface area contributed by atoms with E-state index in [-0.39, 0.29) is 5.60 Å². The van der Waals surface area contributed by atoms with Gasteiger partial charge in [-0.1, -0.05) is 0 Å². The van der Waals surface area contributed by atoms with Gasteiger partial charge in [-0.15, -0.1) is 0 Å². The van der Waals surface area contributed by atoms with E-state index in [1.54, 1.807) is 7.11 Å². The van der Waals surface area contributed by atoms with Crippen molar-refractivity contribution in [2.45, 2.75) is 38.2 Å². The summed E-state index contributed by atoms with van der Waals surface area (Å²) in [6, 6.07) is 0. The van der Waals surface area contributed by atoms with Crippen LogP contribution < -0.4 is 16.6 Å². The normalized spacial score (nSPS) is 18.3. The van der Waals surface area contributed by atoms with Crippen LogP contribution >= 0.6 is 0 Å². The number of hydrazine groups is 1. The number of nitrogens with one attached hydrogen (secondary N) is 2. The van der Waals surface area contributed by atoms with Crippen molar-refractivity contribution in [2.24, 2.45) is 10.8 Å². The van der Waals surface area contributed by atoms with Crippen LogP contribution in [0.4, 0.5) is 0 Å². The monoisotopic (exact) mass is 258 g/mol. The molecule has 0 bridgehead atoms. The lowest BCUT2D eigenvalue weighted by atomic mass is 9.80. The van der Waals surface area contributed by atoms with Gasteiger partial charge in [0.05, 0.1) is 12.1 Å². The molecule has 1 aliphatic carbocycles. The van der Waals surface area contributed by atoms with E-state index in [4.69, 9.17) is 15.3 Å². The van der Waals surface area contributed by atoms with Crippen molar-refractivity contribution in [2.75, 3.05) is 33.4 Å². The molecule has 1 fully saturated rings. The van der Waals surface area contributed by atoms with Crippen LogP contribution in [0.5, 0.6) is 0 Å². The highest BCUT2D eigenvalue weighted by Crippen LogP contribution is 2.35. The Labute approximate surface area is 109 Å². The molecule has 18 heavy (non-hydrogen) atoms. The van der Waals surface area contributed by atoms with E-state index in [0.717, 1.165) is 39.0 Å². The molecule has 0 unspecified atom stereocenters. The van der Waals surface area contributed by atoms with E-state index in [2.05, 4.69) is 15.7 Å². The molecule has 6 heteroatoms. The largest absolute Gasteiger partial charge is 0.382 e. The first kappa shape index (κ1) is 15.2. The number of hydrogen-bond donors (Lipinski definition) is 3. The fourth-order valence-corrected chi connectivity index (χ4v) is 1.90. The number of ether oxygens (including phenoxy) is 2. The predicted molar refractivity (Wildman–Crippen MR) is 72.3 cm³/mol. The Morgan fingerprint density at radius 2 is 2.22 bits per heavy atom. The van der Waals surface area contributed by atoms with E-state index < -0.39 is 0 Å². The van der Waals surface area contributed by atoms with Gasteiger partial charge in [-0.05, 0) is 32.6 Å². The summed E-state index contributed by atoms with van der Waals surface area (Å²) in [7, 11) is 1.75. The van der Waals surface area contributed by atoms with Gasteiger partial charge in [-0.2, -0.15) is 0 Å². The smallest absolute Gasteiger partial charge is 0.205 e. The zero-order valence-corrected chi connectivity index (χ0v) is 11.5. The summed E-state index contributed by atoms with van der Waals surface area (Å²) >= 11 is 0. The van der Waals surface area contributed by atoms with Gasteiger partial charge < -0.3 is 14.8 Å². The number of rotatable bonds is 8. The van der Waals surface area contributed by atoms with Crippen LogP contribution in [0.2, 0.25) is 0 Å². The number of nitrogens with zero attached hydrogens (tertiary/aromatic N) is 1. The first-order valence-corrected chi connectivity index (χ1v) is 6.64. The van der Waals surface area contributed by atoms with Crippen molar-refractivity contribution in [3.8, 4) is 0 Å². The first-order chi connectivity index (χ1) is 8.76. The van der Waals surface area contributed by atoms with Crippen LogP contribution in [0.15, 0.2) is 4.99 Å². The van der Waals surface area contributed by atoms with Gasteiger partial charge in [0.25, 0.3) is 0 Å². The minimum atomic E-state index is -0.0604. The summed E-state index contributed by atoms with van der Waals surface area (Å²) in [5.41, 5.74) is 2.52. The van der Waals surface area contributed by atoms with Crippen LogP contribution in [0.25, 0.3) is 0 Å². The molecular weight excluding hydrogens is 232 g/mol. The summed E-state index contributed by atoms with van der Waals surface area (Å²) in [6.07, 6.45) is 4.31. The molecule has 0 aliphatic heterocycles. The Kier molecular flexibility index (Phi) is 7.00. The lowest BCUT2D eigenvalue weighted by Crippen LogP contribution is -2.46. The van der Waals surface area contributed by atoms with Gasteiger partial charge in [0.2, 0.25) is 5.96 Å². The quantitative estimate of drug-likeness (QED) is 0.193. The molecule has 6 nitrogen and oxygen atoms in total. The van der Waals surface area contributed by atoms with Gasteiger partial charge in [-0.25, -0.2) is 10.8 Å². The third kappa shape index (κ3) is 4.80. The van der Waals surface area contributed by atoms with Crippen molar-refractivity contribution >= 4 is 5.96 Å². The molecule has 0 radical (unpaired) electrons. The molecule has 0 amide bonds. The number of guanidine groups is 1. The molecule has 1 saturated carbocycles. The third-order valence-electron chi connectivity index (χ3n) is 3.32. The Morgan fingerprint density at radius 1 is 1.44 bits per heavy atom. The number of hydrogen-bond acceptors (Lipinski definition) is 4. The summed E-state index contributed by atoms with van der Waals surface area (Å²) in [5, 5.41) is 3.15. The maximum Gasteiger partial charge on any atom is 0.205 e. The third-order valence-corrected chi connectivity index (χ3v) is 3.32. The number of aliphatic imine (C=N–C) groups is 1. The van der Waals surface area contributed by atoms with Crippen molar-refractivity contribution in [3.05, 3.63) is 0 Å². The van der Waals surface area contributed by atoms with Crippen LogP contribution in [-0.2, 0) is 9.47 Å². The molecular formula is C12H26N4O2. The number of nitrogens with two attached hydrogens (primary N) is 1. The summed E-state index contributed by atoms with van der Waals surface area (Å²) in [5.74, 6) is 6.05. The maximum absolute atomic E-state index is 5.50. The molecule has 0 aromatic carbocycles. The van der Waals surface area contributed by atoms with Crippen LogP contribution in [0.3, 0.4) is 0 Å². The SMILES string of the molecule is CCOCCCNC(=NCC1(OC)CCC1)NN. The zero-order chi connectivity index (χ0) is 13.3. The molecule has 106 valence electrons.